The third kappa shape index (κ3) is 2.49. The summed E-state index contributed by atoms with van der Waals surface area (Å²) in [7, 11) is 0. The Labute approximate surface area is 81.1 Å². The van der Waals surface area contributed by atoms with Gasteiger partial charge < -0.3 is 0 Å². The molecule has 0 saturated heterocycles. The van der Waals surface area contributed by atoms with Crippen molar-refractivity contribution in [3.8, 4) is 0 Å². The fourth-order valence-electron chi connectivity index (χ4n) is 2.32. The molecule has 74 valence electrons. The topological polar surface area (TPSA) is 3.24 Å². The van der Waals surface area contributed by atoms with Gasteiger partial charge in [-0.15, -0.1) is 0 Å². The van der Waals surface area contributed by atoms with Crippen LogP contribution < -0.4 is 0 Å². The first-order valence-corrected chi connectivity index (χ1v) is 10.8. The number of hydrogen-bond acceptors (Lipinski definition) is 1. The van der Waals surface area contributed by atoms with E-state index in [-0.39, 0.29) is 0 Å². The van der Waals surface area contributed by atoms with Crippen molar-refractivity contribution in [1.29, 1.82) is 0 Å². The van der Waals surface area contributed by atoms with E-state index in [1.807, 2.05) is 0 Å². The second-order valence-electron chi connectivity index (χ2n) is 3.46. The second-order valence-corrected chi connectivity index (χ2v) is 14.4. The van der Waals surface area contributed by atoms with Crippen LogP contribution in [0.5, 0.6) is 0 Å². The van der Waals surface area contributed by atoms with Gasteiger partial charge in [0.25, 0.3) is 0 Å². The normalized spacial score (nSPS) is 12.5. The van der Waals surface area contributed by atoms with Crippen LogP contribution in [0.15, 0.2) is 0 Å². The minimum atomic E-state index is -1.53. The molecule has 0 aromatic rings. The molecule has 0 aromatic heterocycles. The van der Waals surface area contributed by atoms with Gasteiger partial charge in [0.1, 0.15) is 0 Å². The van der Waals surface area contributed by atoms with Crippen molar-refractivity contribution in [2.75, 3.05) is 13.1 Å². The molecule has 0 fully saturated rings. The molecule has 0 N–H and O–H groups in total. The van der Waals surface area contributed by atoms with Crippen LogP contribution in [0.2, 0.25) is 15.8 Å². The molecule has 0 amide bonds. The molecule has 0 bridgehead atoms. The minimum absolute atomic E-state index is 1.27. The zero-order chi connectivity index (χ0) is 9.61. The zero-order valence-corrected chi connectivity index (χ0v) is 11.6. The summed E-state index contributed by atoms with van der Waals surface area (Å²) < 4.78 is 2.79. The molecule has 0 spiro atoms. The molecule has 0 aliphatic carbocycles. The molecule has 0 rings (SSSR count). The van der Waals surface area contributed by atoms with Crippen molar-refractivity contribution < 1.29 is 0 Å². The molecule has 0 aliphatic rings. The van der Waals surface area contributed by atoms with Crippen molar-refractivity contribution in [2.24, 2.45) is 0 Å². The first-order chi connectivity index (χ1) is 5.70. The van der Waals surface area contributed by atoms with E-state index in [4.69, 9.17) is 0 Å². The first-order valence-electron chi connectivity index (χ1n) is 5.45. The SMILES string of the molecule is CC[N](CC)[Ge]([CH2]C)([CH2]C)[CH2]C. The number of nitrogens with zero attached hydrogens (tertiary/aromatic N) is 1. The number of rotatable bonds is 6. The van der Waals surface area contributed by atoms with Crippen LogP contribution in [-0.4, -0.2) is 30.4 Å². The van der Waals surface area contributed by atoms with Gasteiger partial charge in [0, 0.05) is 0 Å². The van der Waals surface area contributed by atoms with Crippen LogP contribution in [-0.2, 0) is 0 Å². The summed E-state index contributed by atoms with van der Waals surface area (Å²) in [6.07, 6.45) is 0. The predicted octanol–water partition coefficient (Wildman–Crippen LogP) is 3.33. The molecule has 0 atom stereocenters. The average Bonchev–Trinajstić information content (AvgIpc) is 2.14. The summed E-state index contributed by atoms with van der Waals surface area (Å²) in [5.74, 6) is 0. The van der Waals surface area contributed by atoms with Gasteiger partial charge in [0.15, 0.2) is 0 Å². The molecule has 0 radical (unpaired) electrons. The maximum atomic E-state index is 2.79. The quantitative estimate of drug-likeness (QED) is 0.634. The first kappa shape index (κ1) is 12.5. The van der Waals surface area contributed by atoms with Crippen molar-refractivity contribution in [2.45, 2.75) is 50.4 Å². The molecule has 0 unspecified atom stereocenters. The Morgan fingerprint density at radius 1 is 0.750 bits per heavy atom. The van der Waals surface area contributed by atoms with E-state index in [1.165, 1.54) is 28.8 Å². The maximum absolute atomic E-state index is 2.79. The number of hydrogen-bond donors (Lipinski definition) is 0. The summed E-state index contributed by atoms with van der Waals surface area (Å²) in [4.78, 5) is 0. The second kappa shape index (κ2) is 6.03. The Balaban J connectivity index is 4.42. The molecular weight excluding hydrogens is 207 g/mol. The molecular formula is C10H25GeN. The van der Waals surface area contributed by atoms with Crippen molar-refractivity contribution in [3.05, 3.63) is 0 Å². The van der Waals surface area contributed by atoms with Gasteiger partial charge in [0.05, 0.1) is 0 Å². The van der Waals surface area contributed by atoms with Crippen LogP contribution in [0, 0.1) is 0 Å². The molecule has 0 aromatic carbocycles. The molecule has 12 heavy (non-hydrogen) atoms. The third-order valence-electron chi connectivity index (χ3n) is 3.41. The van der Waals surface area contributed by atoms with Crippen LogP contribution in [0.25, 0.3) is 0 Å². The fraction of sp³-hybridized carbons (Fsp3) is 1.00. The van der Waals surface area contributed by atoms with E-state index >= 15 is 0 Å². The van der Waals surface area contributed by atoms with Crippen LogP contribution in [0.4, 0.5) is 0 Å². The molecule has 2 heteroatoms. The van der Waals surface area contributed by atoms with Gasteiger partial charge in [-0.3, -0.25) is 0 Å². The molecule has 1 nitrogen and oxygen atoms in total. The predicted molar refractivity (Wildman–Crippen MR) is 60.1 cm³/mol. The van der Waals surface area contributed by atoms with E-state index in [2.05, 4.69) is 38.5 Å². The molecule has 0 saturated carbocycles. The fourth-order valence-corrected chi connectivity index (χ4v) is 11.1. The summed E-state index contributed by atoms with van der Waals surface area (Å²) in [5.41, 5.74) is 0. The van der Waals surface area contributed by atoms with Gasteiger partial charge >= 0.3 is 80.8 Å². The van der Waals surface area contributed by atoms with E-state index in [0.29, 0.717) is 0 Å². The van der Waals surface area contributed by atoms with Gasteiger partial charge in [-0.2, -0.15) is 0 Å². The average molecular weight is 232 g/mol. The van der Waals surface area contributed by atoms with Crippen molar-refractivity contribution >= 4 is 13.5 Å². The van der Waals surface area contributed by atoms with Gasteiger partial charge in [-0.05, 0) is 0 Å². The Bertz CT molecular complexity index is 98.1. The Morgan fingerprint density at radius 3 is 1.17 bits per heavy atom. The van der Waals surface area contributed by atoms with Gasteiger partial charge in [-0.1, -0.05) is 0 Å². The Morgan fingerprint density at radius 2 is 1.08 bits per heavy atom. The van der Waals surface area contributed by atoms with Crippen LogP contribution in [0.3, 0.4) is 0 Å². The molecule has 0 heterocycles. The van der Waals surface area contributed by atoms with E-state index in [0.717, 1.165) is 0 Å². The van der Waals surface area contributed by atoms with Crippen molar-refractivity contribution in [3.63, 3.8) is 0 Å². The third-order valence-corrected chi connectivity index (χ3v) is 15.8. The van der Waals surface area contributed by atoms with E-state index < -0.39 is 13.5 Å². The zero-order valence-electron chi connectivity index (χ0n) is 9.48. The molecule has 0 aliphatic heterocycles. The van der Waals surface area contributed by atoms with Gasteiger partial charge in [-0.25, -0.2) is 0 Å². The van der Waals surface area contributed by atoms with Crippen LogP contribution >= 0.6 is 0 Å². The van der Waals surface area contributed by atoms with E-state index in [9.17, 15) is 0 Å². The van der Waals surface area contributed by atoms with Gasteiger partial charge in [0.2, 0.25) is 0 Å². The summed E-state index contributed by atoms with van der Waals surface area (Å²) in [5, 5.41) is 4.40. The van der Waals surface area contributed by atoms with E-state index in [1.54, 1.807) is 0 Å². The monoisotopic (exact) mass is 233 g/mol. The van der Waals surface area contributed by atoms with Crippen LogP contribution in [0.1, 0.15) is 34.6 Å². The summed E-state index contributed by atoms with van der Waals surface area (Å²) in [6, 6.07) is 0. The summed E-state index contributed by atoms with van der Waals surface area (Å²) >= 11 is -1.53. The van der Waals surface area contributed by atoms with Crippen molar-refractivity contribution in [1.82, 2.24) is 3.86 Å². The summed E-state index contributed by atoms with van der Waals surface area (Å²) in [6.45, 7) is 14.3. The Hall–Kier alpha value is 0.503. The standard InChI is InChI=1S/C10H25GeN/c1-6-11(7-2,8-3)12(9-4)10-5/h6-10H2,1-5H3. The Kier molecular flexibility index (Phi) is 6.29.